The van der Waals surface area contributed by atoms with E-state index in [1.807, 2.05) is 0 Å². The molecule has 1 aromatic rings. The number of aldehydes is 1. The Balaban J connectivity index is 2.97. The highest BCUT2D eigenvalue weighted by Crippen LogP contribution is 2.34. The second-order valence-electron chi connectivity index (χ2n) is 2.69. The van der Waals surface area contributed by atoms with Gasteiger partial charge < -0.3 is 10.5 Å². The zero-order chi connectivity index (χ0) is 11.4. The molecule has 15 heavy (non-hydrogen) atoms. The highest BCUT2D eigenvalue weighted by Gasteiger charge is 2.09. The minimum absolute atomic E-state index is 0.211. The van der Waals surface area contributed by atoms with E-state index >= 15 is 0 Å². The lowest BCUT2D eigenvalue weighted by atomic mass is 10.2. The maximum absolute atomic E-state index is 10.5. The SMILES string of the molecule is NC(=O)COc1c(Br)cc(C=O)cc1Br. The zero-order valence-electron chi connectivity index (χ0n) is 7.50. The smallest absolute Gasteiger partial charge is 0.255 e. The number of amides is 1. The van der Waals surface area contributed by atoms with E-state index in [1.54, 1.807) is 12.1 Å². The molecule has 0 radical (unpaired) electrons. The lowest BCUT2D eigenvalue weighted by Gasteiger charge is -2.08. The summed E-state index contributed by atoms with van der Waals surface area (Å²) in [5.74, 6) is -0.118. The van der Waals surface area contributed by atoms with Crippen LogP contribution in [-0.2, 0) is 4.79 Å². The molecule has 1 rings (SSSR count). The predicted octanol–water partition coefficient (Wildman–Crippen LogP) is 1.89. The van der Waals surface area contributed by atoms with Crippen molar-refractivity contribution < 1.29 is 14.3 Å². The Bertz CT molecular complexity index is 383. The molecule has 0 aliphatic rings. The number of rotatable bonds is 4. The highest BCUT2D eigenvalue weighted by molar-refractivity contribution is 9.11. The number of benzene rings is 1. The fourth-order valence-electron chi connectivity index (χ4n) is 0.929. The Labute approximate surface area is 103 Å². The molecule has 0 spiro atoms. The Hall–Kier alpha value is -0.880. The molecular formula is C9H7Br2NO3. The lowest BCUT2D eigenvalue weighted by molar-refractivity contribution is -0.119. The van der Waals surface area contributed by atoms with Gasteiger partial charge in [0.1, 0.15) is 12.0 Å². The summed E-state index contributed by atoms with van der Waals surface area (Å²) in [6, 6.07) is 3.18. The Morgan fingerprint density at radius 1 is 1.40 bits per heavy atom. The van der Waals surface area contributed by atoms with Gasteiger partial charge in [-0.25, -0.2) is 0 Å². The van der Waals surface area contributed by atoms with E-state index in [0.717, 1.165) is 0 Å². The third-order valence-electron chi connectivity index (χ3n) is 1.52. The largest absolute Gasteiger partial charge is 0.481 e. The van der Waals surface area contributed by atoms with E-state index in [4.69, 9.17) is 10.5 Å². The van der Waals surface area contributed by atoms with E-state index in [9.17, 15) is 9.59 Å². The number of hydrogen-bond donors (Lipinski definition) is 1. The van der Waals surface area contributed by atoms with Crippen LogP contribution >= 0.6 is 31.9 Å². The molecule has 0 aliphatic heterocycles. The molecule has 0 heterocycles. The first kappa shape index (κ1) is 12.2. The van der Waals surface area contributed by atoms with Crippen LogP contribution in [-0.4, -0.2) is 18.8 Å². The topological polar surface area (TPSA) is 69.4 Å². The van der Waals surface area contributed by atoms with Crippen molar-refractivity contribution in [1.82, 2.24) is 0 Å². The number of nitrogens with two attached hydrogens (primary N) is 1. The fraction of sp³-hybridized carbons (Fsp3) is 0.111. The van der Waals surface area contributed by atoms with Crippen molar-refractivity contribution in [3.8, 4) is 5.75 Å². The molecule has 80 valence electrons. The summed E-state index contributed by atoms with van der Waals surface area (Å²) in [6.45, 7) is -0.211. The van der Waals surface area contributed by atoms with Gasteiger partial charge in [-0.2, -0.15) is 0 Å². The summed E-state index contributed by atoms with van der Waals surface area (Å²) in [6.07, 6.45) is 0.716. The van der Waals surface area contributed by atoms with Crippen LogP contribution < -0.4 is 10.5 Å². The van der Waals surface area contributed by atoms with Crippen molar-refractivity contribution >= 4 is 44.1 Å². The van der Waals surface area contributed by atoms with Crippen LogP contribution in [0.4, 0.5) is 0 Å². The van der Waals surface area contributed by atoms with Crippen molar-refractivity contribution in [1.29, 1.82) is 0 Å². The van der Waals surface area contributed by atoms with Gasteiger partial charge in [-0.15, -0.1) is 0 Å². The number of primary amides is 1. The molecule has 0 saturated carbocycles. The first-order chi connectivity index (χ1) is 7.04. The third-order valence-corrected chi connectivity index (χ3v) is 2.69. The van der Waals surface area contributed by atoms with Gasteiger partial charge >= 0.3 is 0 Å². The summed E-state index contributed by atoms with van der Waals surface area (Å²) in [5, 5.41) is 0. The molecule has 0 aromatic heterocycles. The van der Waals surface area contributed by atoms with Crippen molar-refractivity contribution in [3.63, 3.8) is 0 Å². The van der Waals surface area contributed by atoms with Gasteiger partial charge in [0.2, 0.25) is 0 Å². The summed E-state index contributed by atoms with van der Waals surface area (Å²) in [5.41, 5.74) is 5.45. The van der Waals surface area contributed by atoms with Crippen LogP contribution in [0, 0.1) is 0 Å². The summed E-state index contributed by atoms with van der Waals surface area (Å²) in [4.78, 5) is 21.1. The van der Waals surface area contributed by atoms with E-state index in [0.29, 0.717) is 26.5 Å². The van der Waals surface area contributed by atoms with E-state index in [-0.39, 0.29) is 6.61 Å². The van der Waals surface area contributed by atoms with E-state index in [1.165, 1.54) is 0 Å². The van der Waals surface area contributed by atoms with Crippen LogP contribution in [0.2, 0.25) is 0 Å². The van der Waals surface area contributed by atoms with Gasteiger partial charge in [0.05, 0.1) is 8.95 Å². The van der Waals surface area contributed by atoms with E-state index < -0.39 is 5.91 Å². The van der Waals surface area contributed by atoms with Gasteiger partial charge in [-0.3, -0.25) is 9.59 Å². The zero-order valence-corrected chi connectivity index (χ0v) is 10.7. The number of carbonyl (C=O) groups is 2. The van der Waals surface area contributed by atoms with Gasteiger partial charge in [-0.1, -0.05) is 0 Å². The van der Waals surface area contributed by atoms with Crippen LogP contribution in [0.3, 0.4) is 0 Å². The fourth-order valence-corrected chi connectivity index (χ4v) is 2.38. The van der Waals surface area contributed by atoms with Crippen LogP contribution in [0.5, 0.6) is 5.75 Å². The quantitative estimate of drug-likeness (QED) is 0.853. The Morgan fingerprint density at radius 3 is 2.33 bits per heavy atom. The average Bonchev–Trinajstić information content (AvgIpc) is 2.15. The molecule has 2 N–H and O–H groups in total. The molecule has 0 bridgehead atoms. The van der Waals surface area contributed by atoms with Crippen molar-refractivity contribution in [2.75, 3.05) is 6.61 Å². The molecule has 0 fully saturated rings. The highest BCUT2D eigenvalue weighted by atomic mass is 79.9. The van der Waals surface area contributed by atoms with Gasteiger partial charge in [0.15, 0.2) is 6.61 Å². The number of ether oxygens (including phenoxy) is 1. The predicted molar refractivity (Wildman–Crippen MR) is 61.9 cm³/mol. The number of halogens is 2. The van der Waals surface area contributed by atoms with Crippen molar-refractivity contribution in [3.05, 3.63) is 26.6 Å². The van der Waals surface area contributed by atoms with E-state index in [2.05, 4.69) is 31.9 Å². The molecule has 0 aliphatic carbocycles. The maximum Gasteiger partial charge on any atom is 0.255 e. The van der Waals surface area contributed by atoms with Crippen molar-refractivity contribution in [2.24, 2.45) is 5.73 Å². The van der Waals surface area contributed by atoms with Crippen LogP contribution in [0.15, 0.2) is 21.1 Å². The van der Waals surface area contributed by atoms with Crippen LogP contribution in [0.1, 0.15) is 10.4 Å². The standard InChI is InChI=1S/C9H7Br2NO3/c10-6-1-5(3-13)2-7(11)9(6)15-4-8(12)14/h1-3H,4H2,(H2,12,14). The Kier molecular flexibility index (Phi) is 4.28. The summed E-state index contributed by atoms with van der Waals surface area (Å²) < 4.78 is 6.31. The lowest BCUT2D eigenvalue weighted by Crippen LogP contribution is -2.20. The molecule has 1 aromatic carbocycles. The normalized spacial score (nSPS) is 9.73. The monoisotopic (exact) mass is 335 g/mol. The molecule has 0 atom stereocenters. The Morgan fingerprint density at radius 2 is 1.93 bits per heavy atom. The summed E-state index contributed by atoms with van der Waals surface area (Å²) >= 11 is 6.45. The third kappa shape index (κ3) is 3.32. The van der Waals surface area contributed by atoms with Crippen LogP contribution in [0.25, 0.3) is 0 Å². The maximum atomic E-state index is 10.5. The number of carbonyl (C=O) groups excluding carboxylic acids is 2. The second kappa shape index (κ2) is 5.27. The minimum atomic E-state index is -0.562. The molecule has 6 heteroatoms. The summed E-state index contributed by atoms with van der Waals surface area (Å²) in [7, 11) is 0. The molecule has 4 nitrogen and oxygen atoms in total. The first-order valence-corrected chi connectivity index (χ1v) is 5.48. The van der Waals surface area contributed by atoms with Crippen molar-refractivity contribution in [2.45, 2.75) is 0 Å². The average molecular weight is 337 g/mol. The van der Waals surface area contributed by atoms with Gasteiger partial charge in [-0.05, 0) is 44.0 Å². The number of hydrogen-bond acceptors (Lipinski definition) is 3. The molecular weight excluding hydrogens is 330 g/mol. The first-order valence-electron chi connectivity index (χ1n) is 3.90. The second-order valence-corrected chi connectivity index (χ2v) is 4.40. The minimum Gasteiger partial charge on any atom is -0.481 e. The van der Waals surface area contributed by atoms with Gasteiger partial charge in [0.25, 0.3) is 5.91 Å². The molecule has 0 unspecified atom stereocenters. The molecule has 1 amide bonds. The molecule has 0 saturated heterocycles. The van der Waals surface area contributed by atoms with Gasteiger partial charge in [0, 0.05) is 5.56 Å².